The smallest absolute Gasteiger partial charge is 0.341 e. The van der Waals surface area contributed by atoms with Crippen LogP contribution in [0.25, 0.3) is 0 Å². The Bertz CT molecular complexity index is 793. The van der Waals surface area contributed by atoms with Crippen molar-refractivity contribution in [1.82, 2.24) is 9.97 Å². The minimum atomic E-state index is -0.442. The fraction of sp³-hybridized carbons (Fsp3) is 0.450. The van der Waals surface area contributed by atoms with Crippen LogP contribution in [0.15, 0.2) is 36.7 Å². The minimum absolute atomic E-state index is 0.126. The molecule has 4 rings (SSSR count). The SMILES string of the molecule is COC(=O)c1cnc(N2CCCCC2N(c2ccc(F)cc2)C2CC2)nc1. The molecule has 1 saturated carbocycles. The Balaban J connectivity index is 1.63. The Kier molecular flexibility index (Phi) is 4.92. The molecule has 2 heterocycles. The summed E-state index contributed by atoms with van der Waals surface area (Å²) in [6.07, 6.45) is 8.63. The van der Waals surface area contributed by atoms with Gasteiger partial charge in [0.25, 0.3) is 0 Å². The number of ether oxygens (including phenoxy) is 1. The number of aromatic nitrogens is 2. The second kappa shape index (κ2) is 7.50. The normalized spacial score (nSPS) is 19.6. The van der Waals surface area contributed by atoms with E-state index >= 15 is 0 Å². The molecule has 1 saturated heterocycles. The first-order valence-corrected chi connectivity index (χ1v) is 9.38. The standard InChI is InChI=1S/C20H23FN4O2/c1-27-19(26)14-12-22-20(23-13-14)24-11-3-2-4-18(24)25(17-9-10-17)16-7-5-15(21)6-8-16/h5-8,12-13,17-18H,2-4,9-11H2,1H3. The highest BCUT2D eigenvalue weighted by Gasteiger charge is 2.38. The van der Waals surface area contributed by atoms with Gasteiger partial charge in [-0.2, -0.15) is 0 Å². The van der Waals surface area contributed by atoms with Crippen LogP contribution >= 0.6 is 0 Å². The van der Waals surface area contributed by atoms with Crippen LogP contribution in [-0.4, -0.2) is 41.8 Å². The molecule has 0 radical (unpaired) electrons. The van der Waals surface area contributed by atoms with Crippen LogP contribution < -0.4 is 9.80 Å². The average Bonchev–Trinajstić information content (AvgIpc) is 3.55. The Morgan fingerprint density at radius 3 is 2.48 bits per heavy atom. The number of esters is 1. The molecule has 142 valence electrons. The lowest BCUT2D eigenvalue weighted by Crippen LogP contribution is -2.53. The lowest BCUT2D eigenvalue weighted by Gasteiger charge is -2.44. The molecule has 1 aromatic heterocycles. The number of methoxy groups -OCH3 is 1. The molecular weight excluding hydrogens is 347 g/mol. The van der Waals surface area contributed by atoms with Crippen molar-refractivity contribution in [2.45, 2.75) is 44.3 Å². The maximum atomic E-state index is 13.4. The van der Waals surface area contributed by atoms with Crippen molar-refractivity contribution >= 4 is 17.6 Å². The summed E-state index contributed by atoms with van der Waals surface area (Å²) in [7, 11) is 1.34. The van der Waals surface area contributed by atoms with Crippen molar-refractivity contribution in [3.05, 3.63) is 48.0 Å². The van der Waals surface area contributed by atoms with Crippen LogP contribution in [0.3, 0.4) is 0 Å². The maximum Gasteiger partial charge on any atom is 0.341 e. The zero-order valence-corrected chi connectivity index (χ0v) is 15.3. The molecule has 0 spiro atoms. The molecule has 1 aliphatic heterocycles. The van der Waals surface area contributed by atoms with Gasteiger partial charge in [-0.3, -0.25) is 0 Å². The molecule has 2 aliphatic rings. The van der Waals surface area contributed by atoms with Gasteiger partial charge in [-0.1, -0.05) is 0 Å². The number of hydrogen-bond donors (Lipinski definition) is 0. The van der Waals surface area contributed by atoms with Crippen LogP contribution in [0.1, 0.15) is 42.5 Å². The number of nitrogens with zero attached hydrogens (tertiary/aromatic N) is 4. The zero-order valence-electron chi connectivity index (χ0n) is 15.3. The topological polar surface area (TPSA) is 58.6 Å². The highest BCUT2D eigenvalue weighted by molar-refractivity contribution is 5.88. The molecular formula is C20H23FN4O2. The van der Waals surface area contributed by atoms with Crippen molar-refractivity contribution in [3.8, 4) is 0 Å². The number of anilines is 2. The van der Waals surface area contributed by atoms with Crippen molar-refractivity contribution in [2.75, 3.05) is 23.5 Å². The van der Waals surface area contributed by atoms with E-state index in [1.165, 1.54) is 31.6 Å². The number of hydrogen-bond acceptors (Lipinski definition) is 6. The summed E-state index contributed by atoms with van der Waals surface area (Å²) >= 11 is 0. The highest BCUT2D eigenvalue weighted by Crippen LogP contribution is 2.37. The van der Waals surface area contributed by atoms with Gasteiger partial charge in [0, 0.05) is 30.7 Å². The van der Waals surface area contributed by atoms with E-state index in [0.29, 0.717) is 17.6 Å². The van der Waals surface area contributed by atoms with E-state index in [0.717, 1.165) is 44.3 Å². The molecule has 0 bridgehead atoms. The Labute approximate surface area is 158 Å². The fourth-order valence-electron chi connectivity index (χ4n) is 3.72. The van der Waals surface area contributed by atoms with Gasteiger partial charge in [0.15, 0.2) is 0 Å². The van der Waals surface area contributed by atoms with Crippen LogP contribution in [0.4, 0.5) is 16.0 Å². The van der Waals surface area contributed by atoms with Crippen molar-refractivity contribution < 1.29 is 13.9 Å². The fourth-order valence-corrected chi connectivity index (χ4v) is 3.72. The third-order valence-corrected chi connectivity index (χ3v) is 5.17. The van der Waals surface area contributed by atoms with Gasteiger partial charge >= 0.3 is 5.97 Å². The number of benzene rings is 1. The number of carbonyl (C=O) groups excluding carboxylic acids is 1. The first-order valence-electron chi connectivity index (χ1n) is 9.38. The molecule has 1 atom stereocenters. The Morgan fingerprint density at radius 1 is 1.15 bits per heavy atom. The van der Waals surface area contributed by atoms with Crippen LogP contribution in [0.2, 0.25) is 0 Å². The van der Waals surface area contributed by atoms with Crippen LogP contribution in [0.5, 0.6) is 0 Å². The average molecular weight is 370 g/mol. The molecule has 1 aliphatic carbocycles. The van der Waals surface area contributed by atoms with E-state index in [9.17, 15) is 9.18 Å². The molecule has 7 heteroatoms. The maximum absolute atomic E-state index is 13.4. The monoisotopic (exact) mass is 370 g/mol. The zero-order chi connectivity index (χ0) is 18.8. The predicted octanol–water partition coefficient (Wildman–Crippen LogP) is 3.39. The molecule has 2 aromatic rings. The number of piperidine rings is 1. The summed E-state index contributed by atoms with van der Waals surface area (Å²) in [5.41, 5.74) is 1.37. The molecule has 6 nitrogen and oxygen atoms in total. The lowest BCUT2D eigenvalue weighted by molar-refractivity contribution is 0.0600. The third kappa shape index (κ3) is 3.72. The van der Waals surface area contributed by atoms with E-state index in [4.69, 9.17) is 4.74 Å². The summed E-state index contributed by atoms with van der Waals surface area (Å²) in [5.74, 6) is -0.0560. The van der Waals surface area contributed by atoms with Gasteiger partial charge in [0.1, 0.15) is 12.0 Å². The van der Waals surface area contributed by atoms with Gasteiger partial charge in [-0.25, -0.2) is 19.2 Å². The number of halogens is 1. The van der Waals surface area contributed by atoms with E-state index < -0.39 is 5.97 Å². The molecule has 2 fully saturated rings. The summed E-state index contributed by atoms with van der Waals surface area (Å²) in [6.45, 7) is 0.854. The third-order valence-electron chi connectivity index (χ3n) is 5.17. The Hall–Kier alpha value is -2.70. The van der Waals surface area contributed by atoms with Gasteiger partial charge in [0.05, 0.1) is 12.7 Å². The van der Waals surface area contributed by atoms with Gasteiger partial charge < -0.3 is 14.5 Å². The largest absolute Gasteiger partial charge is 0.465 e. The number of carbonyl (C=O) groups is 1. The Morgan fingerprint density at radius 2 is 1.85 bits per heavy atom. The second-order valence-electron chi connectivity index (χ2n) is 7.05. The van der Waals surface area contributed by atoms with Crippen LogP contribution in [0, 0.1) is 5.82 Å². The predicted molar refractivity (Wildman–Crippen MR) is 100 cm³/mol. The molecule has 27 heavy (non-hydrogen) atoms. The first-order chi connectivity index (χ1) is 13.2. The minimum Gasteiger partial charge on any atom is -0.465 e. The van der Waals surface area contributed by atoms with E-state index in [1.807, 2.05) is 12.1 Å². The first kappa shape index (κ1) is 17.7. The molecule has 0 amide bonds. The van der Waals surface area contributed by atoms with Crippen molar-refractivity contribution in [2.24, 2.45) is 0 Å². The molecule has 1 aromatic carbocycles. The lowest BCUT2D eigenvalue weighted by atomic mass is 10.1. The quantitative estimate of drug-likeness (QED) is 0.752. The van der Waals surface area contributed by atoms with Gasteiger partial charge in [-0.15, -0.1) is 0 Å². The summed E-state index contributed by atoms with van der Waals surface area (Å²) in [6, 6.07) is 7.19. The highest BCUT2D eigenvalue weighted by atomic mass is 19.1. The van der Waals surface area contributed by atoms with E-state index in [-0.39, 0.29) is 12.0 Å². The molecule has 0 N–H and O–H groups in total. The van der Waals surface area contributed by atoms with E-state index in [2.05, 4.69) is 19.8 Å². The second-order valence-corrected chi connectivity index (χ2v) is 7.05. The van der Waals surface area contributed by atoms with Crippen molar-refractivity contribution in [3.63, 3.8) is 0 Å². The van der Waals surface area contributed by atoms with Gasteiger partial charge in [0.2, 0.25) is 5.95 Å². The van der Waals surface area contributed by atoms with Gasteiger partial charge in [-0.05, 0) is 56.4 Å². The molecule has 1 unspecified atom stereocenters. The van der Waals surface area contributed by atoms with Crippen molar-refractivity contribution in [1.29, 1.82) is 0 Å². The summed E-state index contributed by atoms with van der Waals surface area (Å²) < 4.78 is 18.1. The summed E-state index contributed by atoms with van der Waals surface area (Å²) in [4.78, 5) is 25.1. The summed E-state index contributed by atoms with van der Waals surface area (Å²) in [5, 5.41) is 0. The van der Waals surface area contributed by atoms with E-state index in [1.54, 1.807) is 0 Å². The number of rotatable bonds is 5. The van der Waals surface area contributed by atoms with Crippen LogP contribution in [-0.2, 0) is 4.74 Å².